The lowest BCUT2D eigenvalue weighted by molar-refractivity contribution is -0.139. The van der Waals surface area contributed by atoms with E-state index in [1.165, 1.54) is 231 Å². The summed E-state index contributed by atoms with van der Waals surface area (Å²) in [6.45, 7) is 4.58. The van der Waals surface area contributed by atoms with Gasteiger partial charge in [0, 0.05) is 5.57 Å². The lowest BCUT2D eigenvalue weighted by Gasteiger charge is -2.12. The maximum absolute atomic E-state index is 12.0. The zero-order valence-corrected chi connectivity index (χ0v) is 36.1. The summed E-state index contributed by atoms with van der Waals surface area (Å²) >= 11 is 0. The molecule has 0 fully saturated rings. The highest BCUT2D eigenvalue weighted by molar-refractivity contribution is 5.92. The van der Waals surface area contributed by atoms with Crippen molar-refractivity contribution in [3.63, 3.8) is 0 Å². The molecular formula is C49H94O4. The van der Waals surface area contributed by atoms with Gasteiger partial charge in [0.2, 0.25) is 0 Å². The van der Waals surface area contributed by atoms with E-state index in [4.69, 9.17) is 0 Å². The van der Waals surface area contributed by atoms with Gasteiger partial charge in [-0.25, -0.2) is 4.79 Å². The highest BCUT2D eigenvalue weighted by atomic mass is 16.4. The summed E-state index contributed by atoms with van der Waals surface area (Å²) in [6.07, 6.45) is 55.0. The molecule has 0 bridgehead atoms. The zero-order valence-electron chi connectivity index (χ0n) is 36.1. The SMILES string of the molecule is CCCCCCCCCCCCCCCCCCCCCCC(CCCCCCCCCCCCCCCCCCCCCC)=C(CC(=O)O)C(=O)O. The normalized spacial score (nSPS) is 11.4. The summed E-state index contributed by atoms with van der Waals surface area (Å²) < 4.78 is 0. The van der Waals surface area contributed by atoms with E-state index in [1.54, 1.807) is 0 Å². The van der Waals surface area contributed by atoms with Crippen LogP contribution >= 0.6 is 0 Å². The quantitative estimate of drug-likeness (QED) is 0.0481. The molecule has 314 valence electrons. The summed E-state index contributed by atoms with van der Waals surface area (Å²) in [5.74, 6) is -2.07. The highest BCUT2D eigenvalue weighted by Gasteiger charge is 2.17. The van der Waals surface area contributed by atoms with E-state index < -0.39 is 11.9 Å². The van der Waals surface area contributed by atoms with E-state index >= 15 is 0 Å². The van der Waals surface area contributed by atoms with Crippen LogP contribution in [0.1, 0.15) is 290 Å². The topological polar surface area (TPSA) is 74.6 Å². The van der Waals surface area contributed by atoms with Crippen LogP contribution in [0.4, 0.5) is 0 Å². The Labute approximate surface area is 331 Å². The molecule has 0 saturated heterocycles. The molecule has 0 aliphatic carbocycles. The number of hydrogen-bond acceptors (Lipinski definition) is 2. The first-order valence-corrected chi connectivity index (χ1v) is 24.2. The molecule has 53 heavy (non-hydrogen) atoms. The highest BCUT2D eigenvalue weighted by Crippen LogP contribution is 2.24. The number of aliphatic carboxylic acids is 2. The zero-order chi connectivity index (χ0) is 38.7. The molecule has 0 unspecified atom stereocenters. The van der Waals surface area contributed by atoms with Crippen molar-refractivity contribution >= 4 is 11.9 Å². The molecule has 0 atom stereocenters. The largest absolute Gasteiger partial charge is 0.481 e. The van der Waals surface area contributed by atoms with E-state index in [0.29, 0.717) is 0 Å². The number of hydrogen-bond donors (Lipinski definition) is 2. The standard InChI is InChI=1S/C49H94O4/c1-3-5-7-9-11-13-15-17-19-21-23-25-27-29-31-33-35-37-39-41-43-46(47(49(52)53)45-48(50)51)44-42-40-38-36-34-32-30-28-26-24-22-20-18-16-14-12-10-8-6-4-2/h3-45H2,1-2H3,(H,50,51)(H,52,53). The predicted octanol–water partition coefficient (Wildman–Crippen LogP) is 17.3. The smallest absolute Gasteiger partial charge is 0.332 e. The van der Waals surface area contributed by atoms with Crippen LogP contribution in [0, 0.1) is 0 Å². The van der Waals surface area contributed by atoms with Crippen LogP contribution in [0.5, 0.6) is 0 Å². The number of allylic oxidation sites excluding steroid dienone is 1. The Morgan fingerprint density at radius 2 is 0.491 bits per heavy atom. The number of carboxylic acid groups (broad SMARTS) is 2. The fourth-order valence-electron chi connectivity index (χ4n) is 8.12. The van der Waals surface area contributed by atoms with E-state index in [-0.39, 0.29) is 12.0 Å². The Kier molecular flexibility index (Phi) is 42.3. The Morgan fingerprint density at radius 1 is 0.302 bits per heavy atom. The third-order valence-corrected chi connectivity index (χ3v) is 11.7. The average Bonchev–Trinajstić information content (AvgIpc) is 3.14. The van der Waals surface area contributed by atoms with Crippen molar-refractivity contribution in [3.8, 4) is 0 Å². The van der Waals surface area contributed by atoms with Crippen molar-refractivity contribution in [3.05, 3.63) is 11.1 Å². The second kappa shape index (κ2) is 43.4. The van der Waals surface area contributed by atoms with Crippen molar-refractivity contribution in [1.29, 1.82) is 0 Å². The van der Waals surface area contributed by atoms with Gasteiger partial charge in [-0.2, -0.15) is 0 Å². The molecule has 0 aromatic carbocycles. The Bertz CT molecular complexity index is 756. The van der Waals surface area contributed by atoms with Crippen LogP contribution in [0.3, 0.4) is 0 Å². The molecule has 4 nitrogen and oxygen atoms in total. The van der Waals surface area contributed by atoms with Gasteiger partial charge >= 0.3 is 11.9 Å². The van der Waals surface area contributed by atoms with Crippen LogP contribution in [0.2, 0.25) is 0 Å². The molecule has 0 amide bonds. The van der Waals surface area contributed by atoms with E-state index in [9.17, 15) is 19.8 Å². The Hall–Kier alpha value is -1.32. The maximum atomic E-state index is 12.0. The van der Waals surface area contributed by atoms with Gasteiger partial charge < -0.3 is 10.2 Å². The summed E-state index contributed by atoms with van der Waals surface area (Å²) in [5.41, 5.74) is 1.04. The number of carbonyl (C=O) groups is 2. The molecule has 0 aromatic rings. The second-order valence-electron chi connectivity index (χ2n) is 16.9. The van der Waals surface area contributed by atoms with Crippen LogP contribution in [0.25, 0.3) is 0 Å². The molecule has 0 aliphatic rings. The molecule has 0 radical (unpaired) electrons. The Morgan fingerprint density at radius 3 is 0.660 bits per heavy atom. The van der Waals surface area contributed by atoms with E-state index in [1.807, 2.05) is 0 Å². The monoisotopic (exact) mass is 747 g/mol. The summed E-state index contributed by atoms with van der Waals surface area (Å²) in [7, 11) is 0. The van der Waals surface area contributed by atoms with Gasteiger partial charge in [0.25, 0.3) is 0 Å². The van der Waals surface area contributed by atoms with Crippen LogP contribution < -0.4 is 0 Å². The van der Waals surface area contributed by atoms with Crippen molar-refractivity contribution in [2.75, 3.05) is 0 Å². The molecule has 0 aliphatic heterocycles. The summed E-state index contributed by atoms with van der Waals surface area (Å²) in [6, 6.07) is 0. The van der Waals surface area contributed by atoms with Crippen LogP contribution in [-0.4, -0.2) is 22.2 Å². The molecule has 0 rings (SSSR count). The lowest BCUT2D eigenvalue weighted by atomic mass is 9.93. The first kappa shape index (κ1) is 51.7. The molecule has 2 N–H and O–H groups in total. The minimum Gasteiger partial charge on any atom is -0.481 e. The van der Waals surface area contributed by atoms with E-state index in [0.717, 1.165) is 44.1 Å². The fraction of sp³-hybridized carbons (Fsp3) is 0.918. The van der Waals surface area contributed by atoms with Crippen LogP contribution in [-0.2, 0) is 9.59 Å². The van der Waals surface area contributed by atoms with Gasteiger partial charge in [-0.1, -0.05) is 263 Å². The minimum atomic E-state index is -1.04. The van der Waals surface area contributed by atoms with Gasteiger partial charge in [-0.05, 0) is 25.7 Å². The van der Waals surface area contributed by atoms with Crippen LogP contribution in [0.15, 0.2) is 11.1 Å². The number of carboxylic acids is 2. The molecular weight excluding hydrogens is 653 g/mol. The average molecular weight is 747 g/mol. The number of unbranched alkanes of at least 4 members (excludes halogenated alkanes) is 38. The third-order valence-electron chi connectivity index (χ3n) is 11.7. The van der Waals surface area contributed by atoms with E-state index in [2.05, 4.69) is 13.8 Å². The fourth-order valence-corrected chi connectivity index (χ4v) is 8.12. The van der Waals surface area contributed by atoms with Crippen molar-refractivity contribution in [1.82, 2.24) is 0 Å². The predicted molar refractivity (Wildman–Crippen MR) is 232 cm³/mol. The lowest BCUT2D eigenvalue weighted by Crippen LogP contribution is -2.10. The van der Waals surface area contributed by atoms with Gasteiger partial charge in [-0.15, -0.1) is 0 Å². The summed E-state index contributed by atoms with van der Waals surface area (Å²) in [4.78, 5) is 23.4. The first-order valence-electron chi connectivity index (χ1n) is 24.2. The van der Waals surface area contributed by atoms with Gasteiger partial charge in [0.05, 0.1) is 6.42 Å². The summed E-state index contributed by atoms with van der Waals surface area (Å²) in [5, 5.41) is 19.2. The van der Waals surface area contributed by atoms with Gasteiger partial charge in [0.1, 0.15) is 0 Å². The third kappa shape index (κ3) is 40.2. The van der Waals surface area contributed by atoms with Gasteiger partial charge in [-0.3, -0.25) is 4.79 Å². The Balaban J connectivity index is 3.84. The second-order valence-corrected chi connectivity index (χ2v) is 16.9. The molecule has 0 saturated carbocycles. The molecule has 0 aromatic heterocycles. The maximum Gasteiger partial charge on any atom is 0.332 e. The number of rotatable bonds is 45. The van der Waals surface area contributed by atoms with Crippen molar-refractivity contribution in [2.45, 2.75) is 290 Å². The van der Waals surface area contributed by atoms with Gasteiger partial charge in [0.15, 0.2) is 0 Å². The molecule has 4 heteroatoms. The molecule has 0 spiro atoms. The van der Waals surface area contributed by atoms with Crippen molar-refractivity contribution < 1.29 is 19.8 Å². The van der Waals surface area contributed by atoms with Crippen molar-refractivity contribution in [2.24, 2.45) is 0 Å². The molecule has 0 heterocycles. The first-order chi connectivity index (χ1) is 26.0. The minimum absolute atomic E-state index is 0.146.